The third-order valence-electron chi connectivity index (χ3n) is 6.02. The Balaban J connectivity index is 1.64. The van der Waals surface area contributed by atoms with E-state index in [0.717, 1.165) is 16.6 Å². The first-order chi connectivity index (χ1) is 17.0. The van der Waals surface area contributed by atoms with Gasteiger partial charge in [-0.1, -0.05) is 18.2 Å². The van der Waals surface area contributed by atoms with Gasteiger partial charge in [-0.05, 0) is 67.9 Å². The minimum Gasteiger partial charge on any atom is -0.504 e. The maximum absolute atomic E-state index is 13.7. The van der Waals surface area contributed by atoms with Crippen molar-refractivity contribution >= 4 is 28.6 Å². The van der Waals surface area contributed by atoms with Crippen LogP contribution in [0.25, 0.3) is 11.0 Å². The number of phenolic OH excluding ortho intramolecular Hbond substituents is 1. The SMILES string of the molecule is CCOc1cc([C@H]2C(C(=O)Nc3ccc(OC)cc3)=C(C)Nc3nc4ccccc4n32)ccc1O. The number of nitrogens with zero attached hydrogens (tertiary/aromatic N) is 2. The summed E-state index contributed by atoms with van der Waals surface area (Å²) in [6.45, 7) is 4.13. The van der Waals surface area contributed by atoms with Crippen LogP contribution in [0.15, 0.2) is 78.0 Å². The second-order valence-corrected chi connectivity index (χ2v) is 8.20. The van der Waals surface area contributed by atoms with Crippen LogP contribution in [0.4, 0.5) is 11.6 Å². The van der Waals surface area contributed by atoms with Crippen LogP contribution in [-0.2, 0) is 4.79 Å². The lowest BCUT2D eigenvalue weighted by Gasteiger charge is -2.31. The Morgan fingerprint density at radius 2 is 1.91 bits per heavy atom. The highest BCUT2D eigenvalue weighted by Crippen LogP contribution is 2.41. The number of phenols is 1. The zero-order valence-corrected chi connectivity index (χ0v) is 19.7. The average Bonchev–Trinajstić information content (AvgIpc) is 3.23. The molecule has 35 heavy (non-hydrogen) atoms. The van der Waals surface area contributed by atoms with Gasteiger partial charge in [-0.15, -0.1) is 0 Å². The van der Waals surface area contributed by atoms with Gasteiger partial charge < -0.3 is 25.2 Å². The molecule has 1 atom stereocenters. The molecule has 1 aliphatic heterocycles. The van der Waals surface area contributed by atoms with E-state index in [1.807, 2.05) is 42.7 Å². The van der Waals surface area contributed by atoms with Crippen LogP contribution in [0, 0.1) is 0 Å². The number of ether oxygens (including phenoxy) is 2. The van der Waals surface area contributed by atoms with Gasteiger partial charge in [-0.25, -0.2) is 4.98 Å². The van der Waals surface area contributed by atoms with Gasteiger partial charge in [-0.3, -0.25) is 9.36 Å². The van der Waals surface area contributed by atoms with E-state index in [0.29, 0.717) is 41.0 Å². The molecular weight excluding hydrogens is 444 g/mol. The predicted octanol–water partition coefficient (Wildman–Crippen LogP) is 5.08. The molecule has 5 rings (SSSR count). The summed E-state index contributed by atoms with van der Waals surface area (Å²) in [6.07, 6.45) is 0. The summed E-state index contributed by atoms with van der Waals surface area (Å²) in [5.74, 6) is 1.50. The Kier molecular flexibility index (Phi) is 5.78. The number of hydrogen-bond acceptors (Lipinski definition) is 6. The van der Waals surface area contributed by atoms with Crippen molar-refractivity contribution in [3.05, 3.63) is 83.6 Å². The molecule has 2 heterocycles. The molecule has 3 N–H and O–H groups in total. The molecule has 8 nitrogen and oxygen atoms in total. The number of rotatable bonds is 6. The van der Waals surface area contributed by atoms with Gasteiger partial charge in [0.05, 0.1) is 36.4 Å². The fourth-order valence-corrected chi connectivity index (χ4v) is 4.42. The number of aromatic nitrogens is 2. The molecule has 0 radical (unpaired) electrons. The number of para-hydroxylation sites is 2. The number of fused-ring (bicyclic) bond motifs is 3. The van der Waals surface area contributed by atoms with Crippen LogP contribution in [0.1, 0.15) is 25.5 Å². The predicted molar refractivity (Wildman–Crippen MR) is 135 cm³/mol. The van der Waals surface area contributed by atoms with Gasteiger partial charge in [-0.2, -0.15) is 0 Å². The highest BCUT2D eigenvalue weighted by atomic mass is 16.5. The Hall–Kier alpha value is -4.46. The van der Waals surface area contributed by atoms with Gasteiger partial charge in [0.25, 0.3) is 5.91 Å². The van der Waals surface area contributed by atoms with Crippen LogP contribution in [0.5, 0.6) is 17.2 Å². The summed E-state index contributed by atoms with van der Waals surface area (Å²) in [5.41, 5.74) is 4.36. The Labute approximate surface area is 202 Å². The molecule has 0 fully saturated rings. The smallest absolute Gasteiger partial charge is 0.255 e. The van der Waals surface area contributed by atoms with Crippen molar-refractivity contribution in [2.24, 2.45) is 0 Å². The first kappa shape index (κ1) is 22.3. The lowest BCUT2D eigenvalue weighted by atomic mass is 9.94. The van der Waals surface area contributed by atoms with Crippen LogP contribution in [0.3, 0.4) is 0 Å². The van der Waals surface area contributed by atoms with E-state index in [2.05, 4.69) is 10.6 Å². The Morgan fingerprint density at radius 1 is 1.14 bits per heavy atom. The summed E-state index contributed by atoms with van der Waals surface area (Å²) in [4.78, 5) is 18.5. The molecule has 0 spiro atoms. The number of carbonyl (C=O) groups is 1. The third-order valence-corrected chi connectivity index (χ3v) is 6.02. The monoisotopic (exact) mass is 470 g/mol. The normalized spacial score (nSPS) is 14.9. The quantitative estimate of drug-likeness (QED) is 0.364. The van der Waals surface area contributed by atoms with E-state index in [1.165, 1.54) is 0 Å². The third kappa shape index (κ3) is 4.03. The van der Waals surface area contributed by atoms with Crippen molar-refractivity contribution < 1.29 is 19.4 Å². The molecular formula is C27H26N4O4. The highest BCUT2D eigenvalue weighted by Gasteiger charge is 2.34. The Morgan fingerprint density at radius 3 is 2.66 bits per heavy atom. The topological polar surface area (TPSA) is 97.6 Å². The highest BCUT2D eigenvalue weighted by molar-refractivity contribution is 6.06. The number of hydrogen-bond donors (Lipinski definition) is 3. The fourth-order valence-electron chi connectivity index (χ4n) is 4.42. The van der Waals surface area contributed by atoms with Crippen molar-refractivity contribution in [3.8, 4) is 17.2 Å². The van der Waals surface area contributed by atoms with Crippen molar-refractivity contribution in [2.45, 2.75) is 19.9 Å². The number of carbonyl (C=O) groups excluding carboxylic acids is 1. The summed E-state index contributed by atoms with van der Waals surface area (Å²) in [6, 6.07) is 19.6. The number of allylic oxidation sites excluding steroid dienone is 1. The maximum Gasteiger partial charge on any atom is 0.255 e. The number of aromatic hydroxyl groups is 1. The molecule has 178 valence electrons. The molecule has 4 aromatic rings. The van der Waals surface area contributed by atoms with E-state index in [4.69, 9.17) is 14.5 Å². The van der Waals surface area contributed by atoms with E-state index in [-0.39, 0.29) is 11.7 Å². The second kappa shape index (κ2) is 9.06. The number of imidazole rings is 1. The zero-order chi connectivity index (χ0) is 24.5. The van der Waals surface area contributed by atoms with Gasteiger partial charge in [0.2, 0.25) is 5.95 Å². The minimum absolute atomic E-state index is 0.0465. The molecule has 0 aliphatic carbocycles. The van der Waals surface area contributed by atoms with Crippen LogP contribution >= 0.6 is 0 Å². The number of benzene rings is 3. The van der Waals surface area contributed by atoms with Crippen molar-refractivity contribution in [1.82, 2.24) is 9.55 Å². The van der Waals surface area contributed by atoms with Crippen molar-refractivity contribution in [1.29, 1.82) is 0 Å². The van der Waals surface area contributed by atoms with Gasteiger partial charge in [0.1, 0.15) is 5.75 Å². The van der Waals surface area contributed by atoms with Crippen molar-refractivity contribution in [3.63, 3.8) is 0 Å². The van der Waals surface area contributed by atoms with Crippen LogP contribution < -0.4 is 20.1 Å². The van der Waals surface area contributed by atoms with Gasteiger partial charge in [0, 0.05) is 11.4 Å². The summed E-state index contributed by atoms with van der Waals surface area (Å²) < 4.78 is 12.9. The first-order valence-corrected chi connectivity index (χ1v) is 11.4. The van der Waals surface area contributed by atoms with E-state index in [1.54, 1.807) is 49.6 Å². The first-order valence-electron chi connectivity index (χ1n) is 11.4. The number of anilines is 2. The lowest BCUT2D eigenvalue weighted by Crippen LogP contribution is -2.31. The second-order valence-electron chi connectivity index (χ2n) is 8.20. The molecule has 1 amide bonds. The van der Waals surface area contributed by atoms with Crippen LogP contribution in [0.2, 0.25) is 0 Å². The average molecular weight is 471 g/mol. The summed E-state index contributed by atoms with van der Waals surface area (Å²) >= 11 is 0. The molecule has 0 unspecified atom stereocenters. The molecule has 0 saturated heterocycles. The molecule has 0 bridgehead atoms. The zero-order valence-electron chi connectivity index (χ0n) is 19.7. The van der Waals surface area contributed by atoms with Gasteiger partial charge >= 0.3 is 0 Å². The summed E-state index contributed by atoms with van der Waals surface area (Å²) in [7, 11) is 1.60. The van der Waals surface area contributed by atoms with Crippen molar-refractivity contribution in [2.75, 3.05) is 24.4 Å². The van der Waals surface area contributed by atoms with E-state index in [9.17, 15) is 9.90 Å². The summed E-state index contributed by atoms with van der Waals surface area (Å²) in [5, 5.41) is 16.6. The lowest BCUT2D eigenvalue weighted by molar-refractivity contribution is -0.113. The largest absolute Gasteiger partial charge is 0.504 e. The molecule has 0 saturated carbocycles. The molecule has 3 aromatic carbocycles. The molecule has 1 aliphatic rings. The molecule has 1 aromatic heterocycles. The van der Waals surface area contributed by atoms with Crippen LogP contribution in [-0.4, -0.2) is 34.3 Å². The number of nitrogens with one attached hydrogen (secondary N) is 2. The van der Waals surface area contributed by atoms with E-state index < -0.39 is 6.04 Å². The van der Waals surface area contributed by atoms with E-state index >= 15 is 0 Å². The Bertz CT molecular complexity index is 1440. The minimum atomic E-state index is -0.503. The molecule has 8 heteroatoms. The standard InChI is InChI=1S/C27H26N4O4/c1-4-35-23-15-17(9-14-22(23)32)25-24(26(33)29-18-10-12-19(34-3)13-11-18)16(2)28-27-30-20-7-5-6-8-21(20)31(25)27/h5-15,25,32H,4H2,1-3H3,(H,28,30)(H,29,33)/t25-/m0/s1. The number of methoxy groups -OCH3 is 1. The maximum atomic E-state index is 13.7. The number of amides is 1. The van der Waals surface area contributed by atoms with Gasteiger partial charge in [0.15, 0.2) is 11.5 Å². The fraction of sp³-hybridized carbons (Fsp3) is 0.185.